The van der Waals surface area contributed by atoms with Crippen molar-refractivity contribution in [3.05, 3.63) is 29.1 Å². The number of rotatable bonds is 6. The average Bonchev–Trinajstić information content (AvgIpc) is 2.73. The second-order valence-corrected chi connectivity index (χ2v) is 5.00. The van der Waals surface area contributed by atoms with Crippen LogP contribution < -0.4 is 5.43 Å². The molecule has 22 heavy (non-hydrogen) atoms. The molecule has 0 bridgehead atoms. The number of carbonyl (C=O) groups is 3. The molecule has 7 heteroatoms. The van der Waals surface area contributed by atoms with Gasteiger partial charge in [-0.15, -0.1) is 0 Å². The fraction of sp³-hybridized carbons (Fsp3) is 0.400. The number of ketones is 1. The Bertz CT molecular complexity index is 667. The van der Waals surface area contributed by atoms with Crippen LogP contribution in [0.2, 0.25) is 0 Å². The fourth-order valence-electron chi connectivity index (χ4n) is 2.13. The number of anilines is 1. The molecule has 0 radical (unpaired) electrons. The third-order valence-corrected chi connectivity index (χ3v) is 3.29. The molecule has 0 atom stereocenters. The van der Waals surface area contributed by atoms with Gasteiger partial charge in [-0.3, -0.25) is 19.8 Å². The summed E-state index contributed by atoms with van der Waals surface area (Å²) in [4.78, 5) is 43.7. The van der Waals surface area contributed by atoms with E-state index in [-0.39, 0.29) is 11.7 Å². The molecular weight excluding hydrogens is 284 g/mol. The molecule has 0 saturated heterocycles. The highest BCUT2D eigenvalue weighted by atomic mass is 16.2. The first-order valence-corrected chi connectivity index (χ1v) is 7.20. The molecule has 0 saturated carbocycles. The first-order chi connectivity index (χ1) is 10.5. The molecule has 116 valence electrons. The lowest BCUT2D eigenvalue weighted by Crippen LogP contribution is -2.37. The van der Waals surface area contributed by atoms with E-state index in [1.165, 1.54) is 12.3 Å². The molecule has 2 heterocycles. The highest BCUT2D eigenvalue weighted by Crippen LogP contribution is 2.16. The zero-order valence-corrected chi connectivity index (χ0v) is 12.8. The largest absolute Gasteiger partial charge is 0.294 e. The zero-order chi connectivity index (χ0) is 16.3. The van der Waals surface area contributed by atoms with Crippen LogP contribution in [-0.2, 0) is 16.0 Å². The highest BCUT2D eigenvalue weighted by molar-refractivity contribution is 6.16. The second-order valence-electron chi connectivity index (χ2n) is 5.00. The number of aryl methyl sites for hydroxylation is 1. The van der Waals surface area contributed by atoms with E-state index in [1.54, 1.807) is 6.92 Å². The van der Waals surface area contributed by atoms with Crippen molar-refractivity contribution < 1.29 is 14.4 Å². The predicted molar refractivity (Wildman–Crippen MR) is 79.9 cm³/mol. The number of Topliss-reactive ketones (excluding diaryl/α,β-unsaturated/α-hetero) is 1. The van der Waals surface area contributed by atoms with Gasteiger partial charge in [-0.25, -0.2) is 9.97 Å². The second kappa shape index (κ2) is 6.46. The van der Waals surface area contributed by atoms with Crippen LogP contribution in [0.1, 0.15) is 49.7 Å². The van der Waals surface area contributed by atoms with Gasteiger partial charge in [0.2, 0.25) is 5.95 Å². The molecular formula is C15H18N4O3. The van der Waals surface area contributed by atoms with Crippen LogP contribution in [0.4, 0.5) is 5.95 Å². The topological polar surface area (TPSA) is 92.3 Å². The summed E-state index contributed by atoms with van der Waals surface area (Å²) in [5, 5.41) is 0.859. The Kier molecular flexibility index (Phi) is 4.65. The van der Waals surface area contributed by atoms with E-state index in [0.717, 1.165) is 11.4 Å². The number of hydrogen-bond donors (Lipinski definition) is 1. The maximum atomic E-state index is 12.0. The first kappa shape index (κ1) is 15.8. The zero-order valence-electron chi connectivity index (χ0n) is 12.8. The molecule has 0 aliphatic carbocycles. The van der Waals surface area contributed by atoms with Crippen LogP contribution in [0.3, 0.4) is 0 Å². The Balaban J connectivity index is 2.22. The highest BCUT2D eigenvalue weighted by Gasteiger charge is 2.29. The molecule has 0 spiro atoms. The van der Waals surface area contributed by atoms with Crippen LogP contribution in [0.25, 0.3) is 0 Å². The average molecular weight is 302 g/mol. The molecule has 1 aliphatic heterocycles. The lowest BCUT2D eigenvalue weighted by Gasteiger charge is -2.16. The smallest absolute Gasteiger partial charge is 0.275 e. The summed E-state index contributed by atoms with van der Waals surface area (Å²) in [5.74, 6) is -0.778. The van der Waals surface area contributed by atoms with Crippen LogP contribution in [0.5, 0.6) is 0 Å². The van der Waals surface area contributed by atoms with Gasteiger partial charge in [0.15, 0.2) is 5.78 Å². The quantitative estimate of drug-likeness (QED) is 0.634. The number of nitrogens with zero attached hydrogens (tertiary/aromatic N) is 3. The van der Waals surface area contributed by atoms with Crippen molar-refractivity contribution in [3.8, 4) is 0 Å². The minimum Gasteiger partial charge on any atom is -0.294 e. The molecule has 2 rings (SSSR count). The Morgan fingerprint density at radius 3 is 2.59 bits per heavy atom. The number of hydrogen-bond acceptors (Lipinski definition) is 6. The minimum atomic E-state index is -0.463. The number of hydrazine groups is 1. The van der Waals surface area contributed by atoms with Gasteiger partial charge in [0.25, 0.3) is 11.8 Å². The number of aromatic nitrogens is 2. The predicted octanol–water partition coefficient (Wildman–Crippen LogP) is 1.66. The molecule has 0 fully saturated rings. The van der Waals surface area contributed by atoms with Crippen LogP contribution in [0, 0.1) is 0 Å². The van der Waals surface area contributed by atoms with Gasteiger partial charge < -0.3 is 0 Å². The van der Waals surface area contributed by atoms with Crippen LogP contribution in [-0.4, -0.2) is 32.6 Å². The number of imide groups is 1. The van der Waals surface area contributed by atoms with E-state index in [1.807, 2.05) is 13.8 Å². The molecule has 1 aliphatic rings. The maximum absolute atomic E-state index is 12.0. The number of amides is 2. The Hall–Kier alpha value is -2.57. The lowest BCUT2D eigenvalue weighted by molar-refractivity contribution is -0.135. The van der Waals surface area contributed by atoms with Crippen molar-refractivity contribution in [2.24, 2.45) is 0 Å². The van der Waals surface area contributed by atoms with Gasteiger partial charge in [-0.05, 0) is 19.8 Å². The number of carbonyl (C=O) groups excluding carboxylic acids is 3. The summed E-state index contributed by atoms with van der Waals surface area (Å²) in [7, 11) is 0. The lowest BCUT2D eigenvalue weighted by atomic mass is 10.1. The van der Waals surface area contributed by atoms with Gasteiger partial charge in [0.05, 0.1) is 11.3 Å². The standard InChI is InChI=1S/C15H18N4O3/c1-4-6-12(20)10-8-16-15(17-11(10)5-2)18-19-13(21)7-9(3)14(19)22/h7-8H,4-6H2,1-3H3,(H,16,17,18). The van der Waals surface area contributed by atoms with Gasteiger partial charge in [-0.2, -0.15) is 5.01 Å². The van der Waals surface area contributed by atoms with Crippen molar-refractivity contribution in [1.82, 2.24) is 15.0 Å². The molecule has 7 nitrogen and oxygen atoms in total. The van der Waals surface area contributed by atoms with Crippen LogP contribution >= 0.6 is 0 Å². The molecule has 0 unspecified atom stereocenters. The molecule has 1 aromatic rings. The molecule has 1 N–H and O–H groups in total. The summed E-state index contributed by atoms with van der Waals surface area (Å²) in [6, 6.07) is 0. The van der Waals surface area contributed by atoms with E-state index in [0.29, 0.717) is 29.7 Å². The Labute approximate surface area is 128 Å². The normalized spacial score (nSPS) is 14.3. The summed E-state index contributed by atoms with van der Waals surface area (Å²) >= 11 is 0. The third kappa shape index (κ3) is 3.03. The Morgan fingerprint density at radius 2 is 2.05 bits per heavy atom. The van der Waals surface area contributed by atoms with Crippen molar-refractivity contribution >= 4 is 23.5 Å². The maximum Gasteiger partial charge on any atom is 0.275 e. The monoisotopic (exact) mass is 302 g/mol. The minimum absolute atomic E-state index is 0.00302. The van der Waals surface area contributed by atoms with E-state index in [9.17, 15) is 14.4 Å². The number of nitrogens with one attached hydrogen (secondary N) is 1. The summed E-state index contributed by atoms with van der Waals surface area (Å²) in [6.45, 7) is 5.37. The molecule has 0 aromatic carbocycles. The van der Waals surface area contributed by atoms with Gasteiger partial charge in [0, 0.05) is 24.3 Å². The van der Waals surface area contributed by atoms with Gasteiger partial charge in [0.1, 0.15) is 0 Å². The first-order valence-electron chi connectivity index (χ1n) is 7.20. The summed E-state index contributed by atoms with van der Waals surface area (Å²) in [6.07, 6.45) is 4.44. The molecule has 2 amide bonds. The van der Waals surface area contributed by atoms with E-state index in [4.69, 9.17) is 0 Å². The van der Waals surface area contributed by atoms with Gasteiger partial charge in [-0.1, -0.05) is 13.8 Å². The van der Waals surface area contributed by atoms with Crippen molar-refractivity contribution in [1.29, 1.82) is 0 Å². The van der Waals surface area contributed by atoms with Gasteiger partial charge >= 0.3 is 0 Å². The van der Waals surface area contributed by atoms with E-state index < -0.39 is 11.8 Å². The third-order valence-electron chi connectivity index (χ3n) is 3.29. The van der Waals surface area contributed by atoms with Crippen LogP contribution in [0.15, 0.2) is 17.8 Å². The Morgan fingerprint density at radius 1 is 1.32 bits per heavy atom. The van der Waals surface area contributed by atoms with Crippen molar-refractivity contribution in [3.63, 3.8) is 0 Å². The summed E-state index contributed by atoms with van der Waals surface area (Å²) < 4.78 is 0. The van der Waals surface area contributed by atoms with E-state index >= 15 is 0 Å². The van der Waals surface area contributed by atoms with Crippen molar-refractivity contribution in [2.75, 3.05) is 5.43 Å². The SMILES string of the molecule is CCCC(=O)c1cnc(NN2C(=O)C=C(C)C2=O)nc1CC. The molecule has 1 aromatic heterocycles. The van der Waals surface area contributed by atoms with Crippen molar-refractivity contribution in [2.45, 2.75) is 40.0 Å². The fourth-order valence-corrected chi connectivity index (χ4v) is 2.13. The van der Waals surface area contributed by atoms with E-state index in [2.05, 4.69) is 15.4 Å². The summed E-state index contributed by atoms with van der Waals surface area (Å²) in [5.41, 5.74) is 4.03.